The second kappa shape index (κ2) is 10.4. The minimum atomic E-state index is -1.13. The summed E-state index contributed by atoms with van der Waals surface area (Å²) in [4.78, 5) is 54.4. The maximum atomic E-state index is 13.2. The van der Waals surface area contributed by atoms with Gasteiger partial charge in [0.05, 0.1) is 18.0 Å². The first kappa shape index (κ1) is 28.2. The summed E-state index contributed by atoms with van der Waals surface area (Å²) >= 11 is 1.46. The zero-order valence-corrected chi connectivity index (χ0v) is 23.8. The predicted molar refractivity (Wildman–Crippen MR) is 140 cm³/mol. The second-order valence-corrected chi connectivity index (χ2v) is 13.2. The third-order valence-electron chi connectivity index (χ3n) is 7.61. The molecule has 6 atom stereocenters. The highest BCUT2D eigenvalue weighted by Gasteiger charge is 2.60. The number of carbonyl (C=O) groups is 4. The molecule has 3 aliphatic rings. The molecule has 0 bridgehead atoms. The van der Waals surface area contributed by atoms with Crippen LogP contribution < -0.4 is 5.32 Å². The molecule has 0 aromatic carbocycles. The summed E-state index contributed by atoms with van der Waals surface area (Å²) in [6, 6.07) is -0.602. The van der Waals surface area contributed by atoms with Gasteiger partial charge in [-0.15, -0.1) is 16.9 Å². The number of tetrazole rings is 1. The van der Waals surface area contributed by atoms with E-state index in [4.69, 9.17) is 0 Å². The van der Waals surface area contributed by atoms with Crippen molar-refractivity contribution >= 4 is 35.3 Å². The third kappa shape index (κ3) is 5.09. The van der Waals surface area contributed by atoms with Gasteiger partial charge >= 0.3 is 5.97 Å². The molecular weight excluding hydrogens is 510 g/mol. The monoisotopic (exact) mass is 547 g/mol. The van der Waals surface area contributed by atoms with Crippen LogP contribution in [0.5, 0.6) is 0 Å². The van der Waals surface area contributed by atoms with Gasteiger partial charge in [-0.3, -0.25) is 14.4 Å². The Morgan fingerprint density at radius 3 is 2.55 bits per heavy atom. The van der Waals surface area contributed by atoms with Gasteiger partial charge in [0.2, 0.25) is 11.8 Å². The number of Topliss-reactive ketones (excluding diaryl/α,β-unsaturated/α-hetero) is 1. The number of β-lactam (4-membered cyclic amide) rings is 1. The average molecular weight is 548 g/mol. The SMILES string of the molecule is C[C@@H](CC(=O)Cn1nnnc1C(C)(C)C)[C@H]1C(=O)N2C(C(=O)O)=C(S[C@@H]3CN[C@H](C(=O)N(C)C)C3)[C@H](C)[C@H]12. The summed E-state index contributed by atoms with van der Waals surface area (Å²) in [6.45, 7) is 10.3. The molecule has 0 radical (unpaired) electrons. The summed E-state index contributed by atoms with van der Waals surface area (Å²) in [5.41, 5.74) is -0.279. The molecule has 4 heterocycles. The van der Waals surface area contributed by atoms with Gasteiger partial charge in [-0.25, -0.2) is 9.48 Å². The molecule has 2 saturated heterocycles. The highest BCUT2D eigenvalue weighted by atomic mass is 32.2. The van der Waals surface area contributed by atoms with E-state index in [-0.39, 0.29) is 70.8 Å². The number of aromatic nitrogens is 4. The van der Waals surface area contributed by atoms with E-state index in [0.29, 0.717) is 23.7 Å². The molecule has 1 aromatic heterocycles. The zero-order valence-electron chi connectivity index (χ0n) is 23.0. The molecule has 2 amide bonds. The van der Waals surface area contributed by atoms with Crippen molar-refractivity contribution < 1.29 is 24.3 Å². The summed E-state index contributed by atoms with van der Waals surface area (Å²) in [6.07, 6.45) is 0.758. The van der Waals surface area contributed by atoms with Crippen molar-refractivity contribution in [1.29, 1.82) is 0 Å². The van der Waals surface area contributed by atoms with E-state index in [9.17, 15) is 24.3 Å². The maximum absolute atomic E-state index is 13.2. The Morgan fingerprint density at radius 2 is 1.95 bits per heavy atom. The fourth-order valence-corrected chi connectivity index (χ4v) is 7.28. The van der Waals surface area contributed by atoms with Crippen molar-refractivity contribution in [2.75, 3.05) is 20.6 Å². The van der Waals surface area contributed by atoms with Crippen molar-refractivity contribution in [3.8, 4) is 0 Å². The second-order valence-electron chi connectivity index (χ2n) is 11.8. The van der Waals surface area contributed by atoms with Gasteiger partial charge < -0.3 is 20.2 Å². The fraction of sp³-hybridized carbons (Fsp3) is 0.720. The Labute approximate surface area is 226 Å². The minimum absolute atomic E-state index is 0.00569. The molecule has 1 aromatic rings. The Bertz CT molecular complexity index is 1170. The lowest BCUT2D eigenvalue weighted by Gasteiger charge is -2.47. The predicted octanol–water partition coefficient (Wildman–Crippen LogP) is 0.891. The highest BCUT2D eigenvalue weighted by molar-refractivity contribution is 8.03. The zero-order chi connectivity index (χ0) is 28.1. The van der Waals surface area contributed by atoms with E-state index >= 15 is 0 Å². The Balaban J connectivity index is 1.43. The Hall–Kier alpha value is -2.80. The number of carbonyl (C=O) groups excluding carboxylic acids is 3. The summed E-state index contributed by atoms with van der Waals surface area (Å²) in [7, 11) is 3.42. The van der Waals surface area contributed by atoms with Gasteiger partial charge in [-0.1, -0.05) is 34.6 Å². The number of hydrogen-bond acceptors (Lipinski definition) is 9. The smallest absolute Gasteiger partial charge is 0.353 e. The van der Waals surface area contributed by atoms with E-state index in [0.717, 1.165) is 0 Å². The molecule has 4 rings (SSSR count). The molecule has 13 heteroatoms. The van der Waals surface area contributed by atoms with Crippen LogP contribution in [-0.2, 0) is 31.1 Å². The summed E-state index contributed by atoms with van der Waals surface area (Å²) in [5, 5.41) is 25.0. The summed E-state index contributed by atoms with van der Waals surface area (Å²) < 4.78 is 1.50. The van der Waals surface area contributed by atoms with Gasteiger partial charge in [-0.2, -0.15) is 0 Å². The average Bonchev–Trinajstić information content (AvgIpc) is 3.51. The number of nitrogens with zero attached hydrogens (tertiary/aromatic N) is 6. The van der Waals surface area contributed by atoms with Gasteiger partial charge in [0, 0.05) is 48.5 Å². The molecule has 2 fully saturated rings. The highest BCUT2D eigenvalue weighted by Crippen LogP contribution is 2.53. The topological polar surface area (TPSA) is 151 Å². The van der Waals surface area contributed by atoms with Gasteiger partial charge in [0.15, 0.2) is 11.6 Å². The molecule has 0 unspecified atom stereocenters. The van der Waals surface area contributed by atoms with E-state index < -0.39 is 11.9 Å². The lowest BCUT2D eigenvalue weighted by molar-refractivity contribution is -0.160. The van der Waals surface area contributed by atoms with Crippen LogP contribution in [-0.4, -0.2) is 96.7 Å². The molecule has 0 saturated carbocycles. The van der Waals surface area contributed by atoms with Crippen molar-refractivity contribution in [3.05, 3.63) is 16.4 Å². The van der Waals surface area contributed by atoms with E-state index in [2.05, 4.69) is 20.8 Å². The number of ketones is 1. The largest absolute Gasteiger partial charge is 0.477 e. The number of thioether (sulfide) groups is 1. The van der Waals surface area contributed by atoms with Gasteiger partial charge in [-0.05, 0) is 22.8 Å². The van der Waals surface area contributed by atoms with Crippen LogP contribution in [0.3, 0.4) is 0 Å². The molecule has 12 nitrogen and oxygen atoms in total. The first-order valence-corrected chi connectivity index (χ1v) is 13.8. The molecule has 208 valence electrons. The van der Waals surface area contributed by atoms with E-state index in [1.54, 1.807) is 19.0 Å². The van der Waals surface area contributed by atoms with E-state index in [1.807, 2.05) is 34.6 Å². The Morgan fingerprint density at radius 1 is 1.26 bits per heavy atom. The maximum Gasteiger partial charge on any atom is 0.353 e. The number of carboxylic acids is 1. The van der Waals surface area contributed by atoms with Crippen molar-refractivity contribution in [2.45, 2.75) is 76.8 Å². The third-order valence-corrected chi connectivity index (χ3v) is 9.12. The number of likely N-dealkylation sites (N-methyl/N-ethyl adjacent to an activating group) is 1. The first-order valence-electron chi connectivity index (χ1n) is 12.9. The van der Waals surface area contributed by atoms with Crippen LogP contribution in [0.4, 0.5) is 0 Å². The number of fused-ring (bicyclic) bond motifs is 1. The molecule has 2 N–H and O–H groups in total. The number of amides is 2. The molecular formula is C25H37N7O5S. The first-order chi connectivity index (χ1) is 17.7. The quantitative estimate of drug-likeness (QED) is 0.427. The van der Waals surface area contributed by atoms with Gasteiger partial charge in [0.25, 0.3) is 0 Å². The van der Waals surface area contributed by atoms with Crippen LogP contribution in [0.25, 0.3) is 0 Å². The van der Waals surface area contributed by atoms with Crippen LogP contribution in [0.15, 0.2) is 10.6 Å². The van der Waals surface area contributed by atoms with Gasteiger partial charge in [0.1, 0.15) is 12.2 Å². The fourth-order valence-electron chi connectivity index (χ4n) is 5.81. The molecule has 0 spiro atoms. The molecule has 0 aliphatic carbocycles. The van der Waals surface area contributed by atoms with Crippen LogP contribution in [0.1, 0.15) is 53.3 Å². The lowest BCUT2D eigenvalue weighted by atomic mass is 9.73. The Kier molecular flexibility index (Phi) is 7.72. The molecule has 3 aliphatic heterocycles. The minimum Gasteiger partial charge on any atom is -0.477 e. The lowest BCUT2D eigenvalue weighted by Crippen LogP contribution is -2.62. The van der Waals surface area contributed by atoms with E-state index in [1.165, 1.54) is 21.3 Å². The van der Waals surface area contributed by atoms with Crippen molar-refractivity contribution in [1.82, 2.24) is 35.3 Å². The van der Waals surface area contributed by atoms with Crippen molar-refractivity contribution in [2.24, 2.45) is 17.8 Å². The normalized spacial score (nSPS) is 27.8. The standard InChI is InChI=1S/C25H37N7O5S/c1-12(8-14(33)11-31-24(25(3,4)5)27-28-29-31)17-18-13(2)20(19(23(36)37)32(18)22(17)35)38-15-9-16(26-10-15)21(34)30(6)7/h12-13,15-18,26H,8-11H2,1-7H3,(H,36,37)/t12-,13+,15-,16-,17+,18+/m0/s1. The molecule has 38 heavy (non-hydrogen) atoms. The van der Waals surface area contributed by atoms with Crippen molar-refractivity contribution in [3.63, 3.8) is 0 Å². The number of rotatable bonds is 9. The van der Waals surface area contributed by atoms with Crippen LogP contribution in [0, 0.1) is 17.8 Å². The number of hydrogen-bond donors (Lipinski definition) is 2. The number of carboxylic acid groups (broad SMARTS) is 1. The number of aliphatic carboxylic acids is 1. The van der Waals surface area contributed by atoms with Crippen LogP contribution in [0.2, 0.25) is 0 Å². The number of nitrogens with one attached hydrogen (secondary N) is 1. The van der Waals surface area contributed by atoms with Crippen LogP contribution >= 0.6 is 11.8 Å². The summed E-state index contributed by atoms with van der Waals surface area (Å²) in [5.74, 6) is -1.74.